The molecule has 0 bridgehead atoms. The molecule has 0 saturated carbocycles. The second-order valence-corrected chi connectivity index (χ2v) is 11.0. The number of hydrogen-bond donors (Lipinski definition) is 0. The monoisotopic (exact) mass is 427 g/mol. The van der Waals surface area contributed by atoms with Crippen LogP contribution < -0.4 is 17.9 Å². The molecule has 0 fully saturated rings. The first kappa shape index (κ1) is 16.7. The SMILES string of the molecule is FC(F)(F)C(F)(F)C(F)(F)[I-](F)(Cl)c1ccccc1. The summed E-state index contributed by atoms with van der Waals surface area (Å²) in [5.74, 6) is -6.54. The third-order valence-electron chi connectivity index (χ3n) is 2.02. The summed E-state index contributed by atoms with van der Waals surface area (Å²) in [5.41, 5.74) is 0. The van der Waals surface area contributed by atoms with Crippen molar-refractivity contribution in [3.8, 4) is 0 Å². The molecule has 1 unspecified atom stereocenters. The molecule has 0 saturated heterocycles. The summed E-state index contributed by atoms with van der Waals surface area (Å²) in [6.45, 7) is 0. The number of benzene rings is 1. The van der Waals surface area contributed by atoms with E-state index in [2.05, 4.69) is 0 Å². The average molecular weight is 427 g/mol. The van der Waals surface area contributed by atoms with Crippen LogP contribution in [0.4, 0.5) is 33.6 Å². The summed E-state index contributed by atoms with van der Waals surface area (Å²) >= 11 is -6.88. The molecule has 1 atom stereocenters. The zero-order chi connectivity index (χ0) is 15.1. The van der Waals surface area contributed by atoms with Crippen molar-refractivity contribution in [2.45, 2.75) is 16.0 Å². The van der Waals surface area contributed by atoms with Crippen molar-refractivity contribution in [2.75, 3.05) is 0 Å². The fraction of sp³-hybridized carbons (Fsp3) is 0.333. The van der Waals surface area contributed by atoms with Crippen LogP contribution in [0.3, 0.4) is 0 Å². The van der Waals surface area contributed by atoms with Gasteiger partial charge in [-0.1, -0.05) is 0 Å². The molecule has 19 heavy (non-hydrogen) atoms. The third-order valence-corrected chi connectivity index (χ3v) is 8.99. The Hall–Kier alpha value is -0.320. The molecule has 112 valence electrons. The van der Waals surface area contributed by atoms with E-state index in [1.807, 2.05) is 0 Å². The maximum atomic E-state index is 13.8. The van der Waals surface area contributed by atoms with Gasteiger partial charge in [0.2, 0.25) is 0 Å². The summed E-state index contributed by atoms with van der Waals surface area (Å²) in [6.07, 6.45) is -6.60. The van der Waals surface area contributed by atoms with Crippen LogP contribution in [0.2, 0.25) is 0 Å². The Labute approximate surface area is 110 Å². The van der Waals surface area contributed by atoms with E-state index in [0.717, 1.165) is 12.1 Å². The van der Waals surface area contributed by atoms with E-state index in [-0.39, 0.29) is 0 Å². The van der Waals surface area contributed by atoms with Crippen molar-refractivity contribution < 1.29 is 51.5 Å². The fourth-order valence-electron chi connectivity index (χ4n) is 1.02. The molecule has 0 aliphatic heterocycles. The zero-order valence-corrected chi connectivity index (χ0v) is 11.6. The third kappa shape index (κ3) is 2.63. The van der Waals surface area contributed by atoms with Gasteiger partial charge in [0.25, 0.3) is 0 Å². The van der Waals surface area contributed by atoms with Crippen LogP contribution in [0.25, 0.3) is 0 Å². The van der Waals surface area contributed by atoms with Gasteiger partial charge in [-0.05, 0) is 0 Å². The molecular formula is C9H5ClF8I-. The van der Waals surface area contributed by atoms with Crippen LogP contribution >= 0.6 is 8.91 Å². The second-order valence-electron chi connectivity index (χ2n) is 3.30. The van der Waals surface area contributed by atoms with Gasteiger partial charge in [0, 0.05) is 0 Å². The van der Waals surface area contributed by atoms with Crippen LogP contribution in [0.5, 0.6) is 0 Å². The van der Waals surface area contributed by atoms with Crippen molar-refractivity contribution in [1.29, 1.82) is 0 Å². The first-order valence-electron chi connectivity index (χ1n) is 4.40. The Kier molecular flexibility index (Phi) is 4.32. The van der Waals surface area contributed by atoms with Gasteiger partial charge < -0.3 is 0 Å². The predicted molar refractivity (Wildman–Crippen MR) is 48.0 cm³/mol. The van der Waals surface area contributed by atoms with E-state index < -0.39 is 37.5 Å². The van der Waals surface area contributed by atoms with Crippen molar-refractivity contribution in [1.82, 2.24) is 0 Å². The van der Waals surface area contributed by atoms with E-state index in [9.17, 15) is 33.6 Å². The average Bonchev–Trinajstić information content (AvgIpc) is 2.28. The molecule has 0 aliphatic carbocycles. The molecule has 0 spiro atoms. The fourth-order valence-corrected chi connectivity index (χ4v) is 5.52. The molecule has 0 amide bonds. The summed E-state index contributed by atoms with van der Waals surface area (Å²) in [4.78, 5) is 0. The number of halogens is 10. The van der Waals surface area contributed by atoms with E-state index in [0.29, 0.717) is 12.1 Å². The minimum absolute atomic E-state index is 0.657. The molecule has 0 N–H and O–H groups in total. The second kappa shape index (κ2) is 4.90. The van der Waals surface area contributed by atoms with Gasteiger partial charge in [-0.3, -0.25) is 0 Å². The maximum absolute atomic E-state index is 13.8. The topological polar surface area (TPSA) is 0 Å². The summed E-state index contributed by atoms with van der Waals surface area (Å²) in [7, 11) is 4.83. The van der Waals surface area contributed by atoms with Crippen LogP contribution in [0.15, 0.2) is 30.3 Å². The van der Waals surface area contributed by atoms with Crippen LogP contribution in [-0.2, 0) is 0 Å². The Morgan fingerprint density at radius 3 is 1.63 bits per heavy atom. The quantitative estimate of drug-likeness (QED) is 0.393. The van der Waals surface area contributed by atoms with Gasteiger partial charge in [-0.15, -0.1) is 0 Å². The standard InChI is InChI=1S/C9H5ClF8I/c10-19(18,6-4-2-1-3-5-6)9(16,17)7(11,12)8(13,14)15/h1-5H/q-1. The summed E-state index contributed by atoms with van der Waals surface area (Å²) in [6, 6.07) is 4.58. The Morgan fingerprint density at radius 2 is 1.26 bits per heavy atom. The van der Waals surface area contributed by atoms with Crippen molar-refractivity contribution in [3.63, 3.8) is 0 Å². The van der Waals surface area contributed by atoms with E-state index in [1.54, 1.807) is 0 Å². The summed E-state index contributed by atoms with van der Waals surface area (Å²) in [5, 5.41) is 0. The van der Waals surface area contributed by atoms with Gasteiger partial charge in [0.15, 0.2) is 0 Å². The van der Waals surface area contributed by atoms with E-state index in [4.69, 9.17) is 8.91 Å². The van der Waals surface area contributed by atoms with Gasteiger partial charge in [-0.2, -0.15) is 0 Å². The first-order valence-corrected chi connectivity index (χ1v) is 10.1. The Morgan fingerprint density at radius 1 is 0.842 bits per heavy atom. The predicted octanol–water partition coefficient (Wildman–Crippen LogP) is 1.85. The van der Waals surface area contributed by atoms with Gasteiger partial charge in [0.05, 0.1) is 0 Å². The van der Waals surface area contributed by atoms with Gasteiger partial charge in [0.1, 0.15) is 0 Å². The molecule has 1 aromatic carbocycles. The minimum atomic E-state index is -6.88. The Balaban J connectivity index is 3.34. The molecule has 0 aromatic heterocycles. The van der Waals surface area contributed by atoms with Gasteiger partial charge in [-0.25, -0.2) is 0 Å². The molecule has 0 radical (unpaired) electrons. The molecular weight excluding hydrogens is 422 g/mol. The normalized spacial score (nSPS) is 18.8. The van der Waals surface area contributed by atoms with Crippen molar-refractivity contribution >= 4 is 8.91 Å². The molecule has 10 heteroatoms. The number of rotatable bonds is 3. The van der Waals surface area contributed by atoms with Gasteiger partial charge >= 0.3 is 110 Å². The number of hydrogen-bond acceptors (Lipinski definition) is 0. The molecule has 1 aromatic rings. The molecule has 0 aliphatic rings. The molecule has 0 nitrogen and oxygen atoms in total. The van der Waals surface area contributed by atoms with Crippen LogP contribution in [0.1, 0.15) is 0 Å². The molecule has 1 rings (SSSR count). The van der Waals surface area contributed by atoms with Crippen molar-refractivity contribution in [3.05, 3.63) is 33.9 Å². The zero-order valence-electron chi connectivity index (χ0n) is 8.67. The Bertz CT molecular complexity index is 441. The van der Waals surface area contributed by atoms with E-state index in [1.165, 1.54) is 6.07 Å². The first-order chi connectivity index (χ1) is 8.36. The number of alkyl halides is 8. The van der Waals surface area contributed by atoms with Crippen molar-refractivity contribution in [2.24, 2.45) is 0 Å². The van der Waals surface area contributed by atoms with Crippen LogP contribution in [0, 0.1) is 3.57 Å². The van der Waals surface area contributed by atoms with Crippen LogP contribution in [-0.4, -0.2) is 16.0 Å². The summed E-state index contributed by atoms with van der Waals surface area (Å²) < 4.78 is 94.7. The van der Waals surface area contributed by atoms with E-state index >= 15 is 0 Å². The molecule has 0 heterocycles.